The van der Waals surface area contributed by atoms with Crippen molar-refractivity contribution in [3.8, 4) is 0 Å². The van der Waals surface area contributed by atoms with Crippen LogP contribution in [0.15, 0.2) is 73.1 Å². The van der Waals surface area contributed by atoms with Gasteiger partial charge in [0, 0.05) is 52.6 Å². The van der Waals surface area contributed by atoms with Crippen LogP contribution in [0.5, 0.6) is 0 Å². The third-order valence-corrected chi connectivity index (χ3v) is 9.81. The average molecular weight is 885 g/mol. The predicted octanol–water partition coefficient (Wildman–Crippen LogP) is 3.74. The van der Waals surface area contributed by atoms with Gasteiger partial charge in [0.1, 0.15) is 31.0 Å². The zero-order chi connectivity index (χ0) is 44.5. The summed E-state index contributed by atoms with van der Waals surface area (Å²) in [4.78, 5) is 79.9. The van der Waals surface area contributed by atoms with Gasteiger partial charge in [-0.2, -0.15) is 0 Å². The van der Waals surface area contributed by atoms with Crippen LogP contribution in [-0.2, 0) is 82.7 Å². The van der Waals surface area contributed by atoms with E-state index in [1.165, 1.54) is 37.5 Å². The second-order valence-corrected chi connectivity index (χ2v) is 14.7. The molecule has 20 heteroatoms. The molecule has 1 unspecified atom stereocenters. The number of esters is 5. The molecule has 11 atom stereocenters. The first-order valence-electron chi connectivity index (χ1n) is 19.4. The number of nitrogens with one attached hydrogen (secondary N) is 1. The molecule has 1 amide bonds. The van der Waals surface area contributed by atoms with E-state index >= 15 is 0 Å². The maximum Gasteiger partial charge on any atom is 0.339 e. The lowest BCUT2D eigenvalue weighted by Gasteiger charge is -2.50. The lowest BCUT2D eigenvalue weighted by Crippen LogP contribution is -2.67. The molecule has 4 heterocycles. The minimum atomic E-state index is -1.65. The Morgan fingerprint density at radius 2 is 1.40 bits per heavy atom. The summed E-state index contributed by atoms with van der Waals surface area (Å²) in [5, 5.41) is 2.88. The van der Waals surface area contributed by atoms with Crippen molar-refractivity contribution in [3.05, 3.63) is 94.8 Å². The number of carbonyl (C=O) groups is 6. The number of nitrogens with zero attached hydrogens (tertiary/aromatic N) is 1. The SMILES string of the molecule is CC(=O)Nc1cc(CO[C@@H]2O[C@H](COC(=O)c3cccnc3)[C@@H](O[C@H]3O[C@@H]4COC(c5ccccc5)O[C@H]4[C@H](OC(C)=O)[C@H]3OC(C)=O)[C@H](OC(C)=O)[C@H]2OC(C)=O)ccc1Cl. The Kier molecular flexibility index (Phi) is 15.6. The predicted molar refractivity (Wildman–Crippen MR) is 209 cm³/mol. The van der Waals surface area contributed by atoms with Gasteiger partial charge in [-0.3, -0.25) is 29.0 Å². The van der Waals surface area contributed by atoms with Gasteiger partial charge in [0.2, 0.25) is 5.91 Å². The number of hydrogen-bond acceptors (Lipinski definition) is 18. The van der Waals surface area contributed by atoms with Crippen molar-refractivity contribution < 1.29 is 80.9 Å². The van der Waals surface area contributed by atoms with Crippen LogP contribution < -0.4 is 5.32 Å². The highest BCUT2D eigenvalue weighted by atomic mass is 35.5. The van der Waals surface area contributed by atoms with Crippen molar-refractivity contribution in [2.75, 3.05) is 18.5 Å². The molecular weight excluding hydrogens is 840 g/mol. The second-order valence-electron chi connectivity index (χ2n) is 14.3. The van der Waals surface area contributed by atoms with E-state index in [0.717, 1.165) is 27.7 Å². The summed E-state index contributed by atoms with van der Waals surface area (Å²) in [6.07, 6.45) is -12.4. The molecule has 19 nitrogen and oxygen atoms in total. The summed E-state index contributed by atoms with van der Waals surface area (Å²) < 4.78 is 66.4. The first-order chi connectivity index (χ1) is 29.7. The van der Waals surface area contributed by atoms with Crippen LogP contribution in [-0.4, -0.2) is 115 Å². The van der Waals surface area contributed by atoms with Crippen LogP contribution in [0.3, 0.4) is 0 Å². The van der Waals surface area contributed by atoms with Crippen molar-refractivity contribution in [2.45, 2.75) is 109 Å². The van der Waals surface area contributed by atoms with Crippen molar-refractivity contribution >= 4 is 53.0 Å². The number of fused-ring (bicyclic) bond motifs is 1. The number of ether oxygens (including phenoxy) is 11. The summed E-state index contributed by atoms with van der Waals surface area (Å²) >= 11 is 6.28. The Bertz CT molecular complexity index is 2080. The van der Waals surface area contributed by atoms with E-state index in [2.05, 4.69) is 10.3 Å². The van der Waals surface area contributed by atoms with E-state index in [9.17, 15) is 28.8 Å². The Hall–Kier alpha value is -5.54. The van der Waals surface area contributed by atoms with E-state index in [1.807, 2.05) is 6.07 Å². The fraction of sp³-hybridized carbons (Fsp3) is 0.452. The van der Waals surface area contributed by atoms with Gasteiger partial charge < -0.3 is 57.4 Å². The summed E-state index contributed by atoms with van der Waals surface area (Å²) in [7, 11) is 0. The molecular formula is C42H45ClN2O17. The van der Waals surface area contributed by atoms with Crippen LogP contribution in [0.4, 0.5) is 5.69 Å². The highest BCUT2D eigenvalue weighted by Crippen LogP contribution is 2.39. The van der Waals surface area contributed by atoms with E-state index in [0.29, 0.717) is 16.8 Å². The number of hydrogen-bond donors (Lipinski definition) is 1. The Morgan fingerprint density at radius 1 is 0.742 bits per heavy atom. The molecule has 3 aliphatic rings. The molecule has 3 saturated heterocycles. The van der Waals surface area contributed by atoms with E-state index < -0.39 is 104 Å². The molecule has 3 aromatic rings. The number of pyridine rings is 1. The van der Waals surface area contributed by atoms with Gasteiger partial charge in [0.25, 0.3) is 0 Å². The zero-order valence-electron chi connectivity index (χ0n) is 34.2. The molecule has 0 bridgehead atoms. The van der Waals surface area contributed by atoms with Crippen molar-refractivity contribution in [3.63, 3.8) is 0 Å². The molecule has 0 radical (unpaired) electrons. The number of carbonyl (C=O) groups excluding carboxylic acids is 6. The van der Waals surface area contributed by atoms with Gasteiger partial charge in [-0.25, -0.2) is 4.79 Å². The highest BCUT2D eigenvalue weighted by molar-refractivity contribution is 6.33. The molecule has 2 aromatic carbocycles. The standard InChI is InChI=1S/C42H45ClN2O17/c1-21(46)45-30-16-26(13-14-29(30)43)18-53-41-37(57-24(4)49)35(55-22(2)47)34(31(59-41)19-52-39(51)28-12-9-15-44-17-28)62-42-38(58-25(5)50)36(56-23(3)48)33-32(60-42)20-54-40(61-33)27-10-7-6-8-11-27/h6-17,31-38,40-42H,18-20H2,1-5H3,(H,45,46)/t31-,32-,33-,34-,35+,36+,37-,38-,40?,41-,42-/m1/s1. The lowest BCUT2D eigenvalue weighted by atomic mass is 9.95. The monoisotopic (exact) mass is 884 g/mol. The van der Waals surface area contributed by atoms with Crippen LogP contribution in [0.1, 0.15) is 62.4 Å². The van der Waals surface area contributed by atoms with Gasteiger partial charge in [-0.1, -0.05) is 48.0 Å². The fourth-order valence-electron chi connectivity index (χ4n) is 7.04. The van der Waals surface area contributed by atoms with Gasteiger partial charge >= 0.3 is 29.8 Å². The van der Waals surface area contributed by atoms with Crippen LogP contribution in [0.2, 0.25) is 5.02 Å². The molecule has 0 saturated carbocycles. The maximum atomic E-state index is 13.2. The third kappa shape index (κ3) is 11.9. The molecule has 332 valence electrons. The maximum absolute atomic E-state index is 13.2. The summed E-state index contributed by atoms with van der Waals surface area (Å²) in [6, 6.07) is 16.6. The van der Waals surface area contributed by atoms with Gasteiger partial charge in [0.15, 0.2) is 43.3 Å². The normalized spacial score (nSPS) is 28.0. The number of anilines is 1. The first-order valence-corrected chi connectivity index (χ1v) is 19.8. The van der Waals surface area contributed by atoms with Gasteiger partial charge in [-0.05, 0) is 29.8 Å². The first kappa shape index (κ1) is 46.0. The Morgan fingerprint density at radius 3 is 2.05 bits per heavy atom. The highest BCUT2D eigenvalue weighted by Gasteiger charge is 2.58. The largest absolute Gasteiger partial charge is 0.459 e. The fourth-order valence-corrected chi connectivity index (χ4v) is 7.20. The quantitative estimate of drug-likeness (QED) is 0.180. The Balaban J connectivity index is 1.36. The molecule has 1 N–H and O–H groups in total. The molecule has 1 aromatic heterocycles. The number of benzene rings is 2. The molecule has 0 aliphatic carbocycles. The van der Waals surface area contributed by atoms with Crippen molar-refractivity contribution in [1.82, 2.24) is 4.98 Å². The average Bonchev–Trinajstić information content (AvgIpc) is 3.22. The summed E-state index contributed by atoms with van der Waals surface area (Å²) in [6.45, 7) is 4.86. The molecule has 3 aliphatic heterocycles. The third-order valence-electron chi connectivity index (χ3n) is 9.48. The molecule has 6 rings (SSSR count). The number of aromatic nitrogens is 1. The number of halogens is 1. The van der Waals surface area contributed by atoms with E-state index in [4.69, 9.17) is 63.7 Å². The smallest absolute Gasteiger partial charge is 0.339 e. The van der Waals surface area contributed by atoms with Crippen LogP contribution >= 0.6 is 11.6 Å². The van der Waals surface area contributed by atoms with E-state index in [-0.39, 0.29) is 29.7 Å². The molecule has 0 spiro atoms. The van der Waals surface area contributed by atoms with Crippen LogP contribution in [0.25, 0.3) is 0 Å². The summed E-state index contributed by atoms with van der Waals surface area (Å²) in [5.41, 5.74) is 1.52. The van der Waals surface area contributed by atoms with Crippen LogP contribution in [0, 0.1) is 0 Å². The Labute approximate surface area is 360 Å². The second kappa shape index (κ2) is 21.0. The summed E-state index contributed by atoms with van der Waals surface area (Å²) in [5.74, 6) is -4.45. The topological polar surface area (TPSA) is 229 Å². The molecule has 62 heavy (non-hydrogen) atoms. The zero-order valence-corrected chi connectivity index (χ0v) is 34.9. The van der Waals surface area contributed by atoms with Gasteiger partial charge in [0.05, 0.1) is 29.5 Å². The van der Waals surface area contributed by atoms with Gasteiger partial charge in [-0.15, -0.1) is 0 Å². The number of amides is 1. The molecule has 3 fully saturated rings. The number of rotatable bonds is 14. The van der Waals surface area contributed by atoms with Crippen molar-refractivity contribution in [1.29, 1.82) is 0 Å². The lowest BCUT2D eigenvalue weighted by molar-refractivity contribution is -0.386. The minimum Gasteiger partial charge on any atom is -0.459 e. The van der Waals surface area contributed by atoms with E-state index in [1.54, 1.807) is 36.4 Å². The minimum absolute atomic E-state index is 0.0903. The van der Waals surface area contributed by atoms with Crippen molar-refractivity contribution in [2.24, 2.45) is 0 Å².